The van der Waals surface area contributed by atoms with Crippen molar-refractivity contribution in [1.29, 1.82) is 5.26 Å². The molecule has 0 radical (unpaired) electrons. The number of nitrogens with two attached hydrogens (primary N) is 1. The van der Waals surface area contributed by atoms with E-state index in [2.05, 4.69) is 32.1 Å². The molecule has 0 amide bonds. The van der Waals surface area contributed by atoms with Crippen molar-refractivity contribution >= 4 is 31.7 Å². The van der Waals surface area contributed by atoms with Gasteiger partial charge in [0.15, 0.2) is 5.82 Å². The Bertz CT molecular complexity index is 1320. The molecule has 0 saturated heterocycles. The Morgan fingerprint density at radius 3 is 2.29 bits per heavy atom. The minimum Gasteiger partial charge on any atom is -0.382 e. The Morgan fingerprint density at radius 1 is 1.00 bits per heavy atom. The Hall–Kier alpha value is -3.48. The van der Waals surface area contributed by atoms with E-state index in [1.165, 1.54) is 12.1 Å². The zero-order valence-corrected chi connectivity index (χ0v) is 18.5. The molecular weight excluding hydrogens is 478 g/mol. The fourth-order valence-corrected chi connectivity index (χ4v) is 4.81. The van der Waals surface area contributed by atoms with Crippen LogP contribution in [0.15, 0.2) is 105 Å². The molecule has 7 nitrogen and oxygen atoms in total. The third-order valence-corrected chi connectivity index (χ3v) is 6.89. The second-order valence-corrected chi connectivity index (χ2v) is 9.34. The highest BCUT2D eigenvalue weighted by molar-refractivity contribution is 9.10. The van der Waals surface area contributed by atoms with E-state index in [9.17, 15) is 13.7 Å². The number of nitriles is 1. The van der Waals surface area contributed by atoms with Crippen molar-refractivity contribution in [1.82, 2.24) is 9.40 Å². The molecule has 0 spiro atoms. The van der Waals surface area contributed by atoms with Crippen LogP contribution in [-0.4, -0.2) is 23.5 Å². The van der Waals surface area contributed by atoms with Crippen LogP contribution < -0.4 is 5.73 Å². The number of pyridine rings is 1. The Labute approximate surface area is 188 Å². The number of nitrogens with zero attached hydrogens (tertiary/aromatic N) is 4. The van der Waals surface area contributed by atoms with Gasteiger partial charge in [-0.1, -0.05) is 52.3 Å². The maximum absolute atomic E-state index is 13.3. The molecule has 0 aliphatic carbocycles. The molecule has 0 saturated carbocycles. The summed E-state index contributed by atoms with van der Waals surface area (Å²) >= 11 is 3.40. The number of hydrogen-bond donors (Lipinski definition) is 1. The van der Waals surface area contributed by atoms with E-state index in [4.69, 9.17) is 5.73 Å². The number of rotatable bonds is 4. The van der Waals surface area contributed by atoms with E-state index in [-0.39, 0.29) is 16.3 Å². The molecule has 9 heteroatoms. The largest absolute Gasteiger partial charge is 0.382 e. The first-order valence-electron chi connectivity index (χ1n) is 9.19. The van der Waals surface area contributed by atoms with Crippen molar-refractivity contribution in [2.75, 3.05) is 0 Å². The van der Waals surface area contributed by atoms with Crippen LogP contribution >= 0.6 is 15.9 Å². The van der Waals surface area contributed by atoms with Crippen LogP contribution in [0.4, 0.5) is 0 Å². The average Bonchev–Trinajstić information content (AvgIpc) is 2.80. The van der Waals surface area contributed by atoms with Crippen molar-refractivity contribution < 1.29 is 8.42 Å². The quantitative estimate of drug-likeness (QED) is 0.594. The highest BCUT2D eigenvalue weighted by Crippen LogP contribution is 2.36. The number of hydrazone groups is 1. The first-order chi connectivity index (χ1) is 14.9. The lowest BCUT2D eigenvalue weighted by atomic mass is 9.85. The number of allylic oxidation sites excluding steroid dienone is 1. The summed E-state index contributed by atoms with van der Waals surface area (Å²) in [5.41, 5.74) is 7.80. The second kappa shape index (κ2) is 8.34. The summed E-state index contributed by atoms with van der Waals surface area (Å²) in [6.07, 6.45) is 1.58. The van der Waals surface area contributed by atoms with E-state index in [1.54, 1.807) is 42.6 Å². The fourth-order valence-electron chi connectivity index (χ4n) is 3.29. The maximum atomic E-state index is 13.3. The first kappa shape index (κ1) is 20.8. The van der Waals surface area contributed by atoms with Crippen LogP contribution in [-0.2, 0) is 10.0 Å². The molecule has 1 aromatic heterocycles. The van der Waals surface area contributed by atoms with Crippen molar-refractivity contribution in [3.8, 4) is 6.07 Å². The number of sulfonamides is 1. The van der Waals surface area contributed by atoms with E-state index in [0.717, 1.165) is 14.5 Å². The van der Waals surface area contributed by atoms with Gasteiger partial charge in [-0.3, -0.25) is 4.98 Å². The minimum atomic E-state index is -4.13. The van der Waals surface area contributed by atoms with Gasteiger partial charge in [-0.05, 0) is 42.0 Å². The van der Waals surface area contributed by atoms with Crippen LogP contribution in [0.25, 0.3) is 0 Å². The highest BCUT2D eigenvalue weighted by Gasteiger charge is 2.38. The third-order valence-electron chi connectivity index (χ3n) is 4.76. The molecule has 2 aromatic carbocycles. The van der Waals surface area contributed by atoms with Crippen LogP contribution in [0.2, 0.25) is 0 Å². The standard InChI is InChI=1S/C22H16BrN5O2S/c23-16-11-9-15(10-12-16)20-18(14-24)22(25)28(27-21(20)19-8-4-5-13-26-19)31(29,30)17-6-2-1-3-7-17/h1-13,20H,25H2. The Morgan fingerprint density at radius 2 is 1.68 bits per heavy atom. The van der Waals surface area contributed by atoms with Gasteiger partial charge in [0.05, 0.1) is 28.1 Å². The van der Waals surface area contributed by atoms with Gasteiger partial charge in [-0.25, -0.2) is 0 Å². The van der Waals surface area contributed by atoms with Gasteiger partial charge in [-0.2, -0.15) is 18.8 Å². The van der Waals surface area contributed by atoms with Gasteiger partial charge in [-0.15, -0.1) is 4.41 Å². The van der Waals surface area contributed by atoms with Crippen molar-refractivity contribution in [3.63, 3.8) is 0 Å². The normalized spacial score (nSPS) is 16.6. The zero-order chi connectivity index (χ0) is 22.0. The molecule has 2 heterocycles. The van der Waals surface area contributed by atoms with Gasteiger partial charge in [0.25, 0.3) is 10.0 Å². The molecule has 1 aliphatic heterocycles. The molecule has 154 valence electrons. The lowest BCUT2D eigenvalue weighted by Gasteiger charge is -2.30. The zero-order valence-electron chi connectivity index (χ0n) is 16.1. The Kier molecular flexibility index (Phi) is 5.59. The molecule has 0 bridgehead atoms. The monoisotopic (exact) mass is 493 g/mol. The van der Waals surface area contributed by atoms with E-state index >= 15 is 0 Å². The topological polar surface area (TPSA) is 112 Å². The molecule has 1 atom stereocenters. The van der Waals surface area contributed by atoms with Crippen LogP contribution in [0.3, 0.4) is 0 Å². The lowest BCUT2D eigenvalue weighted by molar-refractivity contribution is 0.479. The molecule has 0 fully saturated rings. The van der Waals surface area contributed by atoms with Crippen LogP contribution in [0.5, 0.6) is 0 Å². The number of aromatic nitrogens is 1. The smallest absolute Gasteiger partial charge is 0.284 e. The predicted octanol–water partition coefficient (Wildman–Crippen LogP) is 3.73. The number of halogens is 1. The van der Waals surface area contributed by atoms with Gasteiger partial charge >= 0.3 is 0 Å². The van der Waals surface area contributed by atoms with E-state index < -0.39 is 15.9 Å². The summed E-state index contributed by atoms with van der Waals surface area (Å²) in [4.78, 5) is 4.36. The number of benzene rings is 2. The SMILES string of the molecule is N#CC1=C(N)N(S(=O)(=O)c2ccccc2)N=C(c2ccccn2)C1c1ccc(Br)cc1. The molecule has 1 unspecified atom stereocenters. The summed E-state index contributed by atoms with van der Waals surface area (Å²) in [6.45, 7) is 0. The lowest BCUT2D eigenvalue weighted by Crippen LogP contribution is -2.38. The van der Waals surface area contributed by atoms with Crippen molar-refractivity contribution in [3.05, 3.63) is 106 Å². The second-order valence-electron chi connectivity index (χ2n) is 6.66. The van der Waals surface area contributed by atoms with Crippen LogP contribution in [0.1, 0.15) is 17.2 Å². The summed E-state index contributed by atoms with van der Waals surface area (Å²) in [5.74, 6) is -0.908. The van der Waals surface area contributed by atoms with Gasteiger partial charge < -0.3 is 5.73 Å². The molecule has 2 N–H and O–H groups in total. The molecule has 31 heavy (non-hydrogen) atoms. The summed E-state index contributed by atoms with van der Waals surface area (Å²) in [6, 6.07) is 22.5. The van der Waals surface area contributed by atoms with Gasteiger partial charge in [0, 0.05) is 10.7 Å². The summed E-state index contributed by atoms with van der Waals surface area (Å²) < 4.78 is 28.2. The molecular formula is C22H16BrN5O2S. The average molecular weight is 494 g/mol. The first-order valence-corrected chi connectivity index (χ1v) is 11.4. The molecule has 4 rings (SSSR count). The minimum absolute atomic E-state index is 0.0152. The van der Waals surface area contributed by atoms with Gasteiger partial charge in [0.1, 0.15) is 5.71 Å². The van der Waals surface area contributed by atoms with Gasteiger partial charge in [0.2, 0.25) is 0 Å². The molecule has 3 aromatic rings. The van der Waals surface area contributed by atoms with Crippen LogP contribution in [0, 0.1) is 11.3 Å². The maximum Gasteiger partial charge on any atom is 0.284 e. The van der Waals surface area contributed by atoms with Crippen molar-refractivity contribution in [2.45, 2.75) is 10.8 Å². The summed E-state index contributed by atoms with van der Waals surface area (Å²) in [7, 11) is -4.13. The van der Waals surface area contributed by atoms with E-state index in [1.807, 2.05) is 24.3 Å². The van der Waals surface area contributed by atoms with Crippen molar-refractivity contribution in [2.24, 2.45) is 10.8 Å². The predicted molar refractivity (Wildman–Crippen MR) is 120 cm³/mol. The molecule has 1 aliphatic rings. The highest BCUT2D eigenvalue weighted by atomic mass is 79.9. The van der Waals surface area contributed by atoms with E-state index in [0.29, 0.717) is 11.4 Å². The number of hydrogen-bond acceptors (Lipinski definition) is 6. The third kappa shape index (κ3) is 3.83. The summed E-state index contributed by atoms with van der Waals surface area (Å²) in [5, 5.41) is 14.4. The Balaban J connectivity index is 1.95. The fraction of sp³-hybridized carbons (Fsp3) is 0.0455.